The van der Waals surface area contributed by atoms with Gasteiger partial charge in [-0.2, -0.15) is 11.8 Å². The maximum Gasteiger partial charge on any atom is 0.328 e. The molecule has 200 valence electrons. The number of hydrogen-bond acceptors (Lipinski definition) is 9. The first kappa shape index (κ1) is 31.9. The number of hydrogen-bond donors (Lipinski definition) is 9. The summed E-state index contributed by atoms with van der Waals surface area (Å²) in [6.07, 6.45) is 1.65. The zero-order chi connectivity index (χ0) is 27.0. The third kappa shape index (κ3) is 14.0. The molecule has 0 heterocycles. The molecule has 15 nitrogen and oxygen atoms in total. The van der Waals surface area contributed by atoms with E-state index in [9.17, 15) is 24.0 Å². The lowest BCUT2D eigenvalue weighted by atomic mass is 10.1. The topological polar surface area (TPSA) is 273 Å². The van der Waals surface area contributed by atoms with Crippen molar-refractivity contribution < 1.29 is 39.3 Å². The molecule has 0 fully saturated rings. The summed E-state index contributed by atoms with van der Waals surface area (Å²) >= 11 is 1.49. The van der Waals surface area contributed by atoms with Crippen molar-refractivity contribution in [2.45, 2.75) is 56.3 Å². The van der Waals surface area contributed by atoms with E-state index in [1.807, 2.05) is 11.6 Å². The molecule has 0 saturated carbocycles. The molecule has 12 N–H and O–H groups in total. The van der Waals surface area contributed by atoms with Crippen LogP contribution in [0.25, 0.3) is 0 Å². The summed E-state index contributed by atoms with van der Waals surface area (Å²) in [5.41, 5.74) is 16.4. The normalized spacial score (nSPS) is 14.0. The highest BCUT2D eigenvalue weighted by Gasteiger charge is 2.30. The minimum Gasteiger partial charge on any atom is -0.481 e. The van der Waals surface area contributed by atoms with E-state index in [0.29, 0.717) is 12.2 Å². The van der Waals surface area contributed by atoms with Gasteiger partial charge in [-0.15, -0.1) is 0 Å². The summed E-state index contributed by atoms with van der Waals surface area (Å²) < 4.78 is 0. The number of thioether (sulfide) groups is 1. The van der Waals surface area contributed by atoms with E-state index < -0.39 is 66.9 Å². The first-order valence-corrected chi connectivity index (χ1v) is 12.1. The summed E-state index contributed by atoms with van der Waals surface area (Å²) in [5, 5.41) is 34.0. The second-order valence-electron chi connectivity index (χ2n) is 7.47. The molecular formula is C19H35N7O8S. The van der Waals surface area contributed by atoms with E-state index in [1.165, 1.54) is 11.8 Å². The highest BCUT2D eigenvalue weighted by Crippen LogP contribution is 2.06. The minimum absolute atomic E-state index is 0.0608. The zero-order valence-electron chi connectivity index (χ0n) is 19.4. The van der Waals surface area contributed by atoms with Crippen molar-refractivity contribution in [2.24, 2.45) is 22.2 Å². The van der Waals surface area contributed by atoms with Crippen molar-refractivity contribution in [1.82, 2.24) is 16.0 Å². The number of rotatable bonds is 18. The van der Waals surface area contributed by atoms with Crippen LogP contribution in [0.5, 0.6) is 0 Å². The van der Waals surface area contributed by atoms with Crippen LogP contribution in [0.3, 0.4) is 0 Å². The number of aliphatic imine (C=N–C) groups is 1. The van der Waals surface area contributed by atoms with E-state index in [1.54, 1.807) is 0 Å². The number of aliphatic hydroxyl groups is 1. The lowest BCUT2D eigenvalue weighted by Crippen LogP contribution is -2.57. The van der Waals surface area contributed by atoms with Gasteiger partial charge in [-0.1, -0.05) is 0 Å². The number of carboxylic acid groups (broad SMARTS) is 2. The summed E-state index contributed by atoms with van der Waals surface area (Å²) in [6, 6.07) is -5.15. The Morgan fingerprint density at radius 1 is 0.886 bits per heavy atom. The monoisotopic (exact) mass is 521 g/mol. The molecule has 0 aliphatic rings. The van der Waals surface area contributed by atoms with Crippen LogP contribution in [0.2, 0.25) is 0 Å². The van der Waals surface area contributed by atoms with E-state index in [4.69, 9.17) is 32.5 Å². The first-order chi connectivity index (χ1) is 16.4. The van der Waals surface area contributed by atoms with Crippen molar-refractivity contribution in [3.8, 4) is 0 Å². The molecular weight excluding hydrogens is 486 g/mol. The Morgan fingerprint density at radius 2 is 1.43 bits per heavy atom. The lowest BCUT2D eigenvalue weighted by Gasteiger charge is -2.24. The van der Waals surface area contributed by atoms with Crippen molar-refractivity contribution in [2.75, 3.05) is 25.2 Å². The van der Waals surface area contributed by atoms with E-state index in [-0.39, 0.29) is 31.8 Å². The van der Waals surface area contributed by atoms with Gasteiger partial charge in [0.1, 0.15) is 18.1 Å². The van der Waals surface area contributed by atoms with Gasteiger partial charge in [-0.25, -0.2) is 4.79 Å². The second kappa shape index (κ2) is 17.3. The van der Waals surface area contributed by atoms with Crippen molar-refractivity contribution in [3.63, 3.8) is 0 Å². The molecule has 0 aromatic heterocycles. The maximum absolute atomic E-state index is 12.9. The first-order valence-electron chi connectivity index (χ1n) is 10.7. The van der Waals surface area contributed by atoms with Crippen molar-refractivity contribution >= 4 is 47.4 Å². The number of nitrogens with two attached hydrogens (primary N) is 3. The number of carbonyl (C=O) groups excluding carboxylic acids is 3. The lowest BCUT2D eigenvalue weighted by molar-refractivity contribution is -0.144. The minimum atomic E-state index is -1.66. The summed E-state index contributed by atoms with van der Waals surface area (Å²) in [7, 11) is 0. The van der Waals surface area contributed by atoms with Crippen LogP contribution in [-0.2, 0) is 24.0 Å². The van der Waals surface area contributed by atoms with Crippen LogP contribution in [-0.4, -0.2) is 100 Å². The van der Waals surface area contributed by atoms with Crippen LogP contribution in [0.15, 0.2) is 4.99 Å². The van der Waals surface area contributed by atoms with Gasteiger partial charge in [0.25, 0.3) is 0 Å². The van der Waals surface area contributed by atoms with E-state index in [2.05, 4.69) is 15.6 Å². The number of nitrogens with one attached hydrogen (secondary N) is 3. The Labute approximate surface area is 206 Å². The number of nitrogens with zero attached hydrogens (tertiary/aromatic N) is 1. The van der Waals surface area contributed by atoms with Gasteiger partial charge in [0.05, 0.1) is 12.6 Å². The van der Waals surface area contributed by atoms with Gasteiger partial charge in [0, 0.05) is 13.0 Å². The summed E-state index contributed by atoms with van der Waals surface area (Å²) in [6.45, 7) is -0.766. The number of aliphatic hydroxyl groups excluding tert-OH is 1. The maximum atomic E-state index is 12.9. The van der Waals surface area contributed by atoms with Gasteiger partial charge in [0.15, 0.2) is 5.96 Å². The van der Waals surface area contributed by atoms with E-state index in [0.717, 1.165) is 0 Å². The highest BCUT2D eigenvalue weighted by molar-refractivity contribution is 7.98. The van der Waals surface area contributed by atoms with Crippen LogP contribution in [0.4, 0.5) is 0 Å². The second-order valence-corrected chi connectivity index (χ2v) is 8.46. The van der Waals surface area contributed by atoms with Gasteiger partial charge in [-0.05, 0) is 37.7 Å². The standard InChI is InChI=1S/C19H35N7O8S/c1-35-8-6-10(20)15(30)24-11(3-2-7-23-19(21)22)16(31)25-12(4-5-14(28)29)17(32)26-13(9-27)18(33)34/h10-13,27H,2-9,20H2,1H3,(H,24,30)(H,25,31)(H,26,32)(H,28,29)(H,33,34)(H4,21,22,23). The average molecular weight is 522 g/mol. The Balaban J connectivity index is 5.55. The van der Waals surface area contributed by atoms with Gasteiger partial charge in [-0.3, -0.25) is 24.2 Å². The van der Waals surface area contributed by atoms with Crippen molar-refractivity contribution in [1.29, 1.82) is 0 Å². The molecule has 4 unspecified atom stereocenters. The molecule has 35 heavy (non-hydrogen) atoms. The molecule has 0 bridgehead atoms. The number of guanidine groups is 1. The Hall–Kier alpha value is -3.11. The highest BCUT2D eigenvalue weighted by atomic mass is 32.2. The largest absolute Gasteiger partial charge is 0.481 e. The number of amides is 3. The molecule has 0 rings (SSSR count). The molecule has 16 heteroatoms. The molecule has 0 spiro atoms. The number of carboxylic acids is 2. The predicted molar refractivity (Wildman–Crippen MR) is 128 cm³/mol. The fraction of sp³-hybridized carbons (Fsp3) is 0.684. The summed E-state index contributed by atoms with van der Waals surface area (Å²) in [4.78, 5) is 63.8. The molecule has 0 aliphatic carbocycles. The van der Waals surface area contributed by atoms with Crippen LogP contribution in [0, 0.1) is 0 Å². The zero-order valence-corrected chi connectivity index (χ0v) is 20.3. The third-order valence-electron chi connectivity index (χ3n) is 4.63. The fourth-order valence-corrected chi connectivity index (χ4v) is 3.18. The molecule has 4 atom stereocenters. The number of carbonyl (C=O) groups is 5. The third-order valence-corrected chi connectivity index (χ3v) is 5.27. The van der Waals surface area contributed by atoms with Gasteiger partial charge >= 0.3 is 11.9 Å². The SMILES string of the molecule is CSCCC(N)C(=O)NC(CCCN=C(N)N)C(=O)NC(CCC(=O)O)C(=O)NC(CO)C(=O)O. The Morgan fingerprint density at radius 3 is 1.91 bits per heavy atom. The summed E-state index contributed by atoms with van der Waals surface area (Å²) in [5.74, 6) is -4.74. The quantitative estimate of drug-likeness (QED) is 0.0483. The van der Waals surface area contributed by atoms with Gasteiger partial charge in [0.2, 0.25) is 17.7 Å². The smallest absolute Gasteiger partial charge is 0.328 e. The fourth-order valence-electron chi connectivity index (χ4n) is 2.69. The Kier molecular flexibility index (Phi) is 15.8. The molecule has 0 aromatic rings. The average Bonchev–Trinajstić information content (AvgIpc) is 2.79. The molecule has 0 aliphatic heterocycles. The van der Waals surface area contributed by atoms with Crippen LogP contribution in [0.1, 0.15) is 32.1 Å². The Bertz CT molecular complexity index is 763. The van der Waals surface area contributed by atoms with Crippen LogP contribution < -0.4 is 33.2 Å². The molecule has 0 radical (unpaired) electrons. The van der Waals surface area contributed by atoms with E-state index >= 15 is 0 Å². The number of aliphatic carboxylic acids is 2. The van der Waals surface area contributed by atoms with Crippen molar-refractivity contribution in [3.05, 3.63) is 0 Å². The van der Waals surface area contributed by atoms with Crippen LogP contribution >= 0.6 is 11.8 Å². The molecule has 0 aromatic carbocycles. The van der Waals surface area contributed by atoms with Gasteiger partial charge < -0.3 is 48.5 Å². The predicted octanol–water partition coefficient (Wildman–Crippen LogP) is -3.48. The molecule has 0 saturated heterocycles. The molecule has 3 amide bonds.